The summed E-state index contributed by atoms with van der Waals surface area (Å²) in [5.41, 5.74) is 3.89. The standard InChI is InChI=1S/C9H16N4/c1-13(2)4-3-8-7-5-10-6-9(7)12-11-8/h10H,3-6H2,1-2H3,(H,11,12). The second-order valence-electron chi connectivity index (χ2n) is 3.78. The quantitative estimate of drug-likeness (QED) is 0.694. The summed E-state index contributed by atoms with van der Waals surface area (Å²) in [4.78, 5) is 2.18. The molecule has 0 bridgehead atoms. The van der Waals surface area contributed by atoms with Gasteiger partial charge < -0.3 is 10.2 Å². The van der Waals surface area contributed by atoms with Gasteiger partial charge in [0.25, 0.3) is 0 Å². The summed E-state index contributed by atoms with van der Waals surface area (Å²) in [6, 6.07) is 0. The first kappa shape index (κ1) is 8.72. The van der Waals surface area contributed by atoms with Crippen LogP contribution < -0.4 is 5.32 Å². The van der Waals surface area contributed by atoms with E-state index in [1.165, 1.54) is 17.0 Å². The van der Waals surface area contributed by atoms with E-state index in [-0.39, 0.29) is 0 Å². The molecule has 1 aromatic rings. The van der Waals surface area contributed by atoms with Gasteiger partial charge in [0.2, 0.25) is 0 Å². The minimum atomic E-state index is 0.949. The summed E-state index contributed by atoms with van der Waals surface area (Å²) in [6.07, 6.45) is 1.04. The Morgan fingerprint density at radius 2 is 2.23 bits per heavy atom. The van der Waals surface area contributed by atoms with E-state index < -0.39 is 0 Å². The predicted molar refractivity (Wildman–Crippen MR) is 51.4 cm³/mol. The van der Waals surface area contributed by atoms with Crippen LogP contribution in [0.2, 0.25) is 0 Å². The molecule has 0 radical (unpaired) electrons. The lowest BCUT2D eigenvalue weighted by Crippen LogP contribution is -2.16. The lowest BCUT2D eigenvalue weighted by atomic mass is 10.1. The lowest BCUT2D eigenvalue weighted by Gasteiger charge is -2.07. The zero-order valence-corrected chi connectivity index (χ0v) is 8.22. The van der Waals surface area contributed by atoms with Gasteiger partial charge >= 0.3 is 0 Å². The Kier molecular flexibility index (Phi) is 2.33. The zero-order chi connectivity index (χ0) is 9.26. The third-order valence-electron chi connectivity index (χ3n) is 2.44. The summed E-state index contributed by atoms with van der Waals surface area (Å²) in [5, 5.41) is 10.7. The second kappa shape index (κ2) is 3.47. The van der Waals surface area contributed by atoms with Crippen LogP contribution in [0.25, 0.3) is 0 Å². The van der Waals surface area contributed by atoms with Crippen LogP contribution in [0.1, 0.15) is 17.0 Å². The maximum Gasteiger partial charge on any atom is 0.0683 e. The normalized spacial score (nSPS) is 15.3. The maximum absolute atomic E-state index is 4.32. The number of hydrogen-bond donors (Lipinski definition) is 2. The van der Waals surface area contributed by atoms with E-state index in [0.717, 1.165) is 26.1 Å². The summed E-state index contributed by atoms with van der Waals surface area (Å²) >= 11 is 0. The molecule has 72 valence electrons. The van der Waals surface area contributed by atoms with Crippen molar-refractivity contribution in [1.82, 2.24) is 20.4 Å². The Hall–Kier alpha value is -0.870. The Bertz CT molecular complexity index is 290. The average molecular weight is 180 g/mol. The van der Waals surface area contributed by atoms with Gasteiger partial charge in [0.15, 0.2) is 0 Å². The average Bonchev–Trinajstić information content (AvgIpc) is 2.60. The molecule has 2 rings (SSSR count). The molecular formula is C9H16N4. The van der Waals surface area contributed by atoms with Crippen LogP contribution in [-0.2, 0) is 19.5 Å². The van der Waals surface area contributed by atoms with Crippen LogP contribution in [0, 0.1) is 0 Å². The molecule has 0 aliphatic carbocycles. The molecule has 0 amide bonds. The topological polar surface area (TPSA) is 44.0 Å². The van der Waals surface area contributed by atoms with Crippen LogP contribution in [0.15, 0.2) is 0 Å². The van der Waals surface area contributed by atoms with E-state index in [1.54, 1.807) is 0 Å². The van der Waals surface area contributed by atoms with Crippen LogP contribution in [-0.4, -0.2) is 35.7 Å². The SMILES string of the molecule is CN(C)CCc1n[nH]c2c1CNC2. The molecule has 0 saturated carbocycles. The summed E-state index contributed by atoms with van der Waals surface area (Å²) in [7, 11) is 4.18. The number of aromatic nitrogens is 2. The van der Waals surface area contributed by atoms with Gasteiger partial charge in [-0.2, -0.15) is 5.10 Å². The zero-order valence-electron chi connectivity index (χ0n) is 8.22. The molecule has 1 aromatic heterocycles. The molecule has 0 fully saturated rings. The minimum absolute atomic E-state index is 0.949. The molecule has 0 saturated heterocycles. The Morgan fingerprint density at radius 1 is 1.38 bits per heavy atom. The van der Waals surface area contributed by atoms with Gasteiger partial charge in [0, 0.05) is 31.6 Å². The van der Waals surface area contributed by atoms with Crippen molar-refractivity contribution in [2.45, 2.75) is 19.5 Å². The Labute approximate surface area is 78.3 Å². The van der Waals surface area contributed by atoms with Crippen LogP contribution in [0.5, 0.6) is 0 Å². The smallest absolute Gasteiger partial charge is 0.0683 e. The molecule has 2 heterocycles. The first-order valence-electron chi connectivity index (χ1n) is 4.68. The van der Waals surface area contributed by atoms with E-state index in [9.17, 15) is 0 Å². The summed E-state index contributed by atoms with van der Waals surface area (Å²) in [6.45, 7) is 3.00. The van der Waals surface area contributed by atoms with Gasteiger partial charge in [-0.3, -0.25) is 5.10 Å². The number of likely N-dealkylation sites (N-methyl/N-ethyl adjacent to an activating group) is 1. The molecule has 1 aliphatic heterocycles. The Balaban J connectivity index is 2.04. The third kappa shape index (κ3) is 1.73. The number of aromatic amines is 1. The molecule has 0 spiro atoms. The summed E-state index contributed by atoms with van der Waals surface area (Å²) < 4.78 is 0. The van der Waals surface area contributed by atoms with Gasteiger partial charge in [0.05, 0.1) is 11.4 Å². The number of rotatable bonds is 3. The van der Waals surface area contributed by atoms with Crippen molar-refractivity contribution in [2.75, 3.05) is 20.6 Å². The van der Waals surface area contributed by atoms with Crippen LogP contribution in [0.4, 0.5) is 0 Å². The highest BCUT2D eigenvalue weighted by Crippen LogP contribution is 2.16. The van der Waals surface area contributed by atoms with Crippen molar-refractivity contribution in [3.05, 3.63) is 17.0 Å². The lowest BCUT2D eigenvalue weighted by molar-refractivity contribution is 0.411. The van der Waals surface area contributed by atoms with E-state index in [1.807, 2.05) is 0 Å². The molecule has 0 aromatic carbocycles. The van der Waals surface area contributed by atoms with Crippen molar-refractivity contribution in [1.29, 1.82) is 0 Å². The molecular weight excluding hydrogens is 164 g/mol. The predicted octanol–water partition coefficient (Wildman–Crippen LogP) is 0.117. The highest BCUT2D eigenvalue weighted by molar-refractivity contribution is 5.28. The van der Waals surface area contributed by atoms with Crippen molar-refractivity contribution < 1.29 is 0 Å². The number of hydrogen-bond acceptors (Lipinski definition) is 3. The molecule has 13 heavy (non-hydrogen) atoms. The van der Waals surface area contributed by atoms with Crippen LogP contribution in [0.3, 0.4) is 0 Å². The first-order chi connectivity index (χ1) is 6.27. The first-order valence-corrected chi connectivity index (χ1v) is 4.68. The highest BCUT2D eigenvalue weighted by atomic mass is 15.2. The van der Waals surface area contributed by atoms with Crippen molar-refractivity contribution in [3.8, 4) is 0 Å². The van der Waals surface area contributed by atoms with E-state index in [0.29, 0.717) is 0 Å². The second-order valence-corrected chi connectivity index (χ2v) is 3.78. The van der Waals surface area contributed by atoms with Crippen molar-refractivity contribution in [3.63, 3.8) is 0 Å². The van der Waals surface area contributed by atoms with Gasteiger partial charge in [-0.25, -0.2) is 0 Å². The molecule has 1 aliphatic rings. The van der Waals surface area contributed by atoms with E-state index in [2.05, 4.69) is 34.5 Å². The van der Waals surface area contributed by atoms with E-state index in [4.69, 9.17) is 0 Å². The van der Waals surface area contributed by atoms with Crippen molar-refractivity contribution >= 4 is 0 Å². The van der Waals surface area contributed by atoms with Crippen molar-refractivity contribution in [2.24, 2.45) is 0 Å². The molecule has 0 unspecified atom stereocenters. The fourth-order valence-corrected chi connectivity index (χ4v) is 1.65. The maximum atomic E-state index is 4.32. The molecule has 4 nitrogen and oxygen atoms in total. The molecule has 4 heteroatoms. The fraction of sp³-hybridized carbons (Fsp3) is 0.667. The number of nitrogens with zero attached hydrogens (tertiary/aromatic N) is 2. The minimum Gasteiger partial charge on any atom is -0.309 e. The van der Waals surface area contributed by atoms with Crippen LogP contribution >= 0.6 is 0 Å². The Morgan fingerprint density at radius 3 is 3.00 bits per heavy atom. The monoisotopic (exact) mass is 180 g/mol. The summed E-state index contributed by atoms with van der Waals surface area (Å²) in [5.74, 6) is 0. The number of H-pyrrole nitrogens is 1. The van der Waals surface area contributed by atoms with Gasteiger partial charge in [-0.15, -0.1) is 0 Å². The third-order valence-corrected chi connectivity index (χ3v) is 2.44. The molecule has 0 atom stereocenters. The van der Waals surface area contributed by atoms with Gasteiger partial charge in [-0.1, -0.05) is 0 Å². The van der Waals surface area contributed by atoms with Gasteiger partial charge in [-0.05, 0) is 14.1 Å². The highest BCUT2D eigenvalue weighted by Gasteiger charge is 2.17. The number of fused-ring (bicyclic) bond motifs is 1. The largest absolute Gasteiger partial charge is 0.309 e. The van der Waals surface area contributed by atoms with Gasteiger partial charge in [0.1, 0.15) is 0 Å². The molecule has 2 N–H and O–H groups in total. The number of nitrogens with one attached hydrogen (secondary N) is 2. The fourth-order valence-electron chi connectivity index (χ4n) is 1.65. The van der Waals surface area contributed by atoms with E-state index >= 15 is 0 Å².